The van der Waals surface area contributed by atoms with Gasteiger partial charge in [0.15, 0.2) is 9.84 Å². The summed E-state index contributed by atoms with van der Waals surface area (Å²) in [7, 11) is -1.68. The molecule has 0 aliphatic carbocycles. The van der Waals surface area contributed by atoms with Gasteiger partial charge in [0, 0.05) is 26.2 Å². The second kappa shape index (κ2) is 11.6. The van der Waals surface area contributed by atoms with Crippen LogP contribution in [0.1, 0.15) is 6.42 Å². The third kappa shape index (κ3) is 6.74. The zero-order valence-electron chi connectivity index (χ0n) is 16.3. The number of nitrogens with zero attached hydrogens (tertiary/aromatic N) is 2. The molecule has 0 bridgehead atoms. The number of sulfone groups is 1. The molecular weight excluding hydrogens is 438 g/mol. The smallest absolute Gasteiger partial charge is 0.178 e. The molecule has 3 rings (SSSR count). The first-order chi connectivity index (χ1) is 13.0. The van der Waals surface area contributed by atoms with Crippen molar-refractivity contribution in [3.8, 4) is 5.75 Å². The summed E-state index contributed by atoms with van der Waals surface area (Å²) in [4.78, 5) is 4.77. The second-order valence-corrected chi connectivity index (χ2v) is 8.74. The Balaban J connectivity index is 0.00000210. The minimum atomic E-state index is -3.36. The van der Waals surface area contributed by atoms with E-state index in [1.54, 1.807) is 7.11 Å². The van der Waals surface area contributed by atoms with Crippen LogP contribution in [0.3, 0.4) is 0 Å². The van der Waals surface area contributed by atoms with Crippen molar-refractivity contribution in [3.63, 3.8) is 0 Å². The third-order valence-corrected chi connectivity index (χ3v) is 6.67. The molecule has 162 valence electrons. The van der Waals surface area contributed by atoms with E-state index in [9.17, 15) is 12.8 Å². The zero-order chi connectivity index (χ0) is 19.3. The van der Waals surface area contributed by atoms with Crippen LogP contribution in [0.4, 0.5) is 10.1 Å². The van der Waals surface area contributed by atoms with Crippen LogP contribution >= 0.6 is 24.8 Å². The van der Waals surface area contributed by atoms with Crippen LogP contribution in [0.5, 0.6) is 5.75 Å². The Labute approximate surface area is 184 Å². The zero-order valence-corrected chi connectivity index (χ0v) is 18.7. The molecule has 0 unspecified atom stereocenters. The Morgan fingerprint density at radius 2 is 1.59 bits per heavy atom. The van der Waals surface area contributed by atoms with Gasteiger partial charge in [0.2, 0.25) is 0 Å². The largest absolute Gasteiger partial charge is 0.495 e. The number of rotatable bonds is 7. The molecule has 29 heavy (non-hydrogen) atoms. The number of anilines is 1. The number of hydrogen-bond donors (Lipinski definition) is 0. The number of piperazine rings is 1. The molecule has 1 fully saturated rings. The van der Waals surface area contributed by atoms with E-state index in [2.05, 4.69) is 15.9 Å². The molecule has 0 radical (unpaired) electrons. The number of hydrogen-bond acceptors (Lipinski definition) is 5. The fraction of sp³-hybridized carbons (Fsp3) is 0.400. The van der Waals surface area contributed by atoms with E-state index in [-0.39, 0.29) is 35.5 Å². The molecule has 1 aliphatic heterocycles. The Kier molecular flexibility index (Phi) is 10.2. The van der Waals surface area contributed by atoms with E-state index < -0.39 is 15.7 Å². The third-order valence-electron chi connectivity index (χ3n) is 4.86. The van der Waals surface area contributed by atoms with E-state index in [0.29, 0.717) is 6.42 Å². The van der Waals surface area contributed by atoms with Crippen molar-refractivity contribution in [2.45, 2.75) is 11.3 Å². The van der Waals surface area contributed by atoms with Crippen LogP contribution in [0.2, 0.25) is 0 Å². The van der Waals surface area contributed by atoms with Gasteiger partial charge in [-0.25, -0.2) is 12.8 Å². The fourth-order valence-electron chi connectivity index (χ4n) is 3.34. The summed E-state index contributed by atoms with van der Waals surface area (Å²) in [6.45, 7) is 4.26. The molecule has 5 nitrogen and oxygen atoms in total. The lowest BCUT2D eigenvalue weighted by molar-refractivity contribution is 0.258. The van der Waals surface area contributed by atoms with Crippen molar-refractivity contribution in [1.82, 2.24) is 4.90 Å². The lowest BCUT2D eigenvalue weighted by atomic mass is 10.2. The maximum Gasteiger partial charge on any atom is 0.178 e. The molecule has 0 atom stereocenters. The highest BCUT2D eigenvalue weighted by Crippen LogP contribution is 2.28. The van der Waals surface area contributed by atoms with Gasteiger partial charge >= 0.3 is 0 Å². The Hall–Kier alpha value is -1.54. The summed E-state index contributed by atoms with van der Waals surface area (Å²) >= 11 is 0. The van der Waals surface area contributed by atoms with Crippen LogP contribution < -0.4 is 9.64 Å². The topological polar surface area (TPSA) is 49.9 Å². The van der Waals surface area contributed by atoms with Crippen LogP contribution in [0.15, 0.2) is 53.4 Å². The number of benzene rings is 2. The van der Waals surface area contributed by atoms with Gasteiger partial charge in [-0.2, -0.15) is 0 Å². The first-order valence-electron chi connectivity index (χ1n) is 9.08. The average Bonchev–Trinajstić information content (AvgIpc) is 2.69. The van der Waals surface area contributed by atoms with E-state index in [4.69, 9.17) is 4.74 Å². The summed E-state index contributed by atoms with van der Waals surface area (Å²) in [5.74, 6) is 0.518. The molecule has 9 heteroatoms. The highest BCUT2D eigenvalue weighted by Gasteiger charge is 2.20. The van der Waals surface area contributed by atoms with Crippen LogP contribution in [-0.4, -0.2) is 58.9 Å². The maximum atomic E-state index is 13.0. The van der Waals surface area contributed by atoms with Crippen molar-refractivity contribution >= 4 is 40.3 Å². The molecule has 0 amide bonds. The molecule has 1 aliphatic rings. The predicted octanol–water partition coefficient (Wildman–Crippen LogP) is 3.66. The summed E-state index contributed by atoms with van der Waals surface area (Å²) < 4.78 is 43.0. The Bertz CT molecular complexity index is 858. The number of ether oxygens (including phenoxy) is 1. The van der Waals surface area contributed by atoms with Crippen LogP contribution in [-0.2, 0) is 9.84 Å². The van der Waals surface area contributed by atoms with E-state index in [0.717, 1.165) is 44.2 Å². The average molecular weight is 465 g/mol. The van der Waals surface area contributed by atoms with Crippen molar-refractivity contribution < 1.29 is 17.5 Å². The van der Waals surface area contributed by atoms with Gasteiger partial charge in [-0.15, -0.1) is 24.8 Å². The van der Waals surface area contributed by atoms with Gasteiger partial charge in [-0.05, 0) is 49.4 Å². The molecule has 2 aromatic rings. The van der Waals surface area contributed by atoms with Crippen molar-refractivity contribution in [3.05, 3.63) is 54.3 Å². The number of halogens is 3. The van der Waals surface area contributed by atoms with Gasteiger partial charge in [0.25, 0.3) is 0 Å². The van der Waals surface area contributed by atoms with Gasteiger partial charge in [0.05, 0.1) is 23.4 Å². The van der Waals surface area contributed by atoms with Gasteiger partial charge in [0.1, 0.15) is 11.6 Å². The van der Waals surface area contributed by atoms with Crippen molar-refractivity contribution in [2.75, 3.05) is 50.5 Å². The summed E-state index contributed by atoms with van der Waals surface area (Å²) in [5.41, 5.74) is 1.10. The second-order valence-electron chi connectivity index (χ2n) is 6.63. The fourth-order valence-corrected chi connectivity index (χ4v) is 4.64. The quantitative estimate of drug-likeness (QED) is 0.585. The lowest BCUT2D eigenvalue weighted by Crippen LogP contribution is -2.46. The van der Waals surface area contributed by atoms with Crippen molar-refractivity contribution in [1.29, 1.82) is 0 Å². The molecule has 2 aromatic carbocycles. The minimum absolute atomic E-state index is 0. The van der Waals surface area contributed by atoms with E-state index in [1.807, 2.05) is 18.2 Å². The first-order valence-corrected chi connectivity index (χ1v) is 10.7. The van der Waals surface area contributed by atoms with Gasteiger partial charge in [-0.3, -0.25) is 4.90 Å². The minimum Gasteiger partial charge on any atom is -0.495 e. The summed E-state index contributed by atoms with van der Waals surface area (Å²) in [5, 5.41) is 0. The molecular formula is C20H27Cl2FN2O3S. The monoisotopic (exact) mass is 464 g/mol. The molecule has 1 saturated heterocycles. The highest BCUT2D eigenvalue weighted by atomic mass is 35.5. The Morgan fingerprint density at radius 3 is 2.21 bits per heavy atom. The molecule has 0 N–H and O–H groups in total. The molecule has 0 spiro atoms. The van der Waals surface area contributed by atoms with Gasteiger partial charge in [-0.1, -0.05) is 12.1 Å². The highest BCUT2D eigenvalue weighted by molar-refractivity contribution is 7.91. The van der Waals surface area contributed by atoms with Crippen LogP contribution in [0.25, 0.3) is 0 Å². The number of methoxy groups -OCH3 is 1. The van der Waals surface area contributed by atoms with Crippen LogP contribution in [0, 0.1) is 5.82 Å². The first kappa shape index (κ1) is 25.5. The van der Waals surface area contributed by atoms with E-state index in [1.165, 1.54) is 24.3 Å². The van der Waals surface area contributed by atoms with Gasteiger partial charge < -0.3 is 9.64 Å². The summed E-state index contributed by atoms with van der Waals surface area (Å²) in [6, 6.07) is 13.0. The molecule has 1 heterocycles. The summed E-state index contributed by atoms with van der Waals surface area (Å²) in [6.07, 6.45) is 0.564. The number of para-hydroxylation sites is 2. The SMILES string of the molecule is COc1ccccc1N1CCN(CCCS(=O)(=O)c2ccc(F)cc2)CC1.Cl.Cl. The maximum absolute atomic E-state index is 13.0. The normalized spacial score (nSPS) is 14.6. The predicted molar refractivity (Wildman–Crippen MR) is 119 cm³/mol. The molecule has 0 saturated carbocycles. The van der Waals surface area contributed by atoms with E-state index >= 15 is 0 Å². The Morgan fingerprint density at radius 1 is 0.966 bits per heavy atom. The standard InChI is InChI=1S/C20H25FN2O3S.2ClH/c1-26-20-6-3-2-5-19(20)23-14-12-22(13-15-23)11-4-16-27(24,25)18-9-7-17(21)8-10-18;;/h2-3,5-10H,4,11-16H2,1H3;2*1H. The molecule has 0 aromatic heterocycles. The lowest BCUT2D eigenvalue weighted by Gasteiger charge is -2.36. The van der Waals surface area contributed by atoms with Crippen molar-refractivity contribution in [2.24, 2.45) is 0 Å².